The van der Waals surface area contributed by atoms with Gasteiger partial charge >= 0.3 is 18.0 Å². The van der Waals surface area contributed by atoms with Crippen LogP contribution in [-0.4, -0.2) is 58.0 Å². The lowest BCUT2D eigenvalue weighted by molar-refractivity contribution is -0.146. The Hall–Kier alpha value is -3.40. The van der Waals surface area contributed by atoms with Gasteiger partial charge in [0.1, 0.15) is 24.9 Å². The fourth-order valence-corrected chi connectivity index (χ4v) is 3.74. The average Bonchev–Trinajstić information content (AvgIpc) is 3.28. The highest BCUT2D eigenvalue weighted by atomic mass is 16.7. The summed E-state index contributed by atoms with van der Waals surface area (Å²) in [5.74, 6) is -1.04. The zero-order chi connectivity index (χ0) is 21.3. The molecule has 30 heavy (non-hydrogen) atoms. The SMILES string of the molecule is CCOC(=O)Cn1cc2c(n1)[C@@H](C(=O)OC)N1C[C@@H]2N(OCc2ccccc2)C1=O. The van der Waals surface area contributed by atoms with E-state index in [2.05, 4.69) is 5.10 Å². The molecule has 1 aromatic heterocycles. The molecule has 1 fully saturated rings. The van der Waals surface area contributed by atoms with Gasteiger partial charge in [-0.05, 0) is 12.5 Å². The van der Waals surface area contributed by atoms with Gasteiger partial charge in [-0.2, -0.15) is 10.2 Å². The van der Waals surface area contributed by atoms with Crippen LogP contribution in [0.2, 0.25) is 0 Å². The molecule has 0 saturated carbocycles. The van der Waals surface area contributed by atoms with Crippen LogP contribution in [0.25, 0.3) is 0 Å². The monoisotopic (exact) mass is 414 g/mol. The van der Waals surface area contributed by atoms with E-state index in [1.165, 1.54) is 21.8 Å². The third kappa shape index (κ3) is 3.50. The molecule has 1 saturated heterocycles. The maximum Gasteiger partial charge on any atom is 0.345 e. The number of hydroxylamine groups is 2. The van der Waals surface area contributed by atoms with Gasteiger partial charge in [0.2, 0.25) is 0 Å². The summed E-state index contributed by atoms with van der Waals surface area (Å²) >= 11 is 0. The summed E-state index contributed by atoms with van der Waals surface area (Å²) in [7, 11) is 1.26. The zero-order valence-electron chi connectivity index (χ0n) is 16.7. The highest BCUT2D eigenvalue weighted by molar-refractivity contribution is 5.87. The Balaban J connectivity index is 1.63. The number of urea groups is 1. The largest absolute Gasteiger partial charge is 0.467 e. The van der Waals surface area contributed by atoms with Crippen molar-refractivity contribution in [2.24, 2.45) is 0 Å². The molecule has 2 aromatic rings. The number of rotatable bonds is 7. The van der Waals surface area contributed by atoms with Crippen LogP contribution in [0.15, 0.2) is 36.5 Å². The first-order chi connectivity index (χ1) is 14.5. The highest BCUT2D eigenvalue weighted by Gasteiger charge is 2.53. The molecule has 2 aliphatic heterocycles. The molecule has 2 atom stereocenters. The van der Waals surface area contributed by atoms with Crippen molar-refractivity contribution in [3.05, 3.63) is 53.3 Å². The maximum atomic E-state index is 13.0. The van der Waals surface area contributed by atoms with E-state index in [0.717, 1.165) is 5.56 Å². The van der Waals surface area contributed by atoms with Crippen molar-refractivity contribution < 1.29 is 28.7 Å². The third-order valence-electron chi connectivity index (χ3n) is 5.07. The van der Waals surface area contributed by atoms with Gasteiger partial charge in [0, 0.05) is 11.8 Å². The molecule has 2 amide bonds. The predicted octanol–water partition coefficient (Wildman–Crippen LogP) is 1.58. The first kappa shape index (κ1) is 19.9. The van der Waals surface area contributed by atoms with E-state index >= 15 is 0 Å². The van der Waals surface area contributed by atoms with E-state index in [4.69, 9.17) is 14.3 Å². The Morgan fingerprint density at radius 1 is 1.23 bits per heavy atom. The molecular formula is C20H22N4O6. The fourth-order valence-electron chi connectivity index (χ4n) is 3.74. The molecule has 2 aliphatic rings. The van der Waals surface area contributed by atoms with Gasteiger partial charge in [-0.25, -0.2) is 9.59 Å². The Morgan fingerprint density at radius 3 is 2.70 bits per heavy atom. The first-order valence-electron chi connectivity index (χ1n) is 9.60. The number of fused-ring (bicyclic) bond motifs is 4. The molecule has 2 bridgehead atoms. The Bertz CT molecular complexity index is 959. The Kier molecular flexibility index (Phi) is 5.40. The lowest BCUT2D eigenvalue weighted by atomic mass is 9.98. The molecule has 4 rings (SSSR count). The third-order valence-corrected chi connectivity index (χ3v) is 5.07. The topological polar surface area (TPSA) is 103 Å². The number of ether oxygens (including phenoxy) is 2. The molecule has 3 heterocycles. The molecule has 1 aromatic carbocycles. The van der Waals surface area contributed by atoms with E-state index in [1.807, 2.05) is 30.3 Å². The van der Waals surface area contributed by atoms with E-state index in [-0.39, 0.29) is 26.3 Å². The summed E-state index contributed by atoms with van der Waals surface area (Å²) in [6.45, 7) is 2.34. The number of benzene rings is 1. The minimum atomic E-state index is -0.998. The summed E-state index contributed by atoms with van der Waals surface area (Å²) in [5, 5.41) is 5.66. The van der Waals surface area contributed by atoms with Crippen LogP contribution < -0.4 is 0 Å². The summed E-state index contributed by atoms with van der Waals surface area (Å²) in [6, 6.07) is 7.58. The summed E-state index contributed by atoms with van der Waals surface area (Å²) < 4.78 is 11.3. The van der Waals surface area contributed by atoms with Gasteiger partial charge in [-0.3, -0.25) is 14.3 Å². The second-order valence-corrected chi connectivity index (χ2v) is 6.93. The van der Waals surface area contributed by atoms with Crippen molar-refractivity contribution in [2.45, 2.75) is 32.2 Å². The fraction of sp³-hybridized carbons (Fsp3) is 0.400. The molecule has 0 aliphatic carbocycles. The van der Waals surface area contributed by atoms with Crippen LogP contribution in [0.4, 0.5) is 4.79 Å². The zero-order valence-corrected chi connectivity index (χ0v) is 16.7. The number of esters is 2. The van der Waals surface area contributed by atoms with Gasteiger partial charge in [0.15, 0.2) is 6.04 Å². The second kappa shape index (κ2) is 8.15. The standard InChI is InChI=1S/C20H22N4O6/c1-3-29-16(25)11-22-9-14-15-10-23(18(17(14)21-22)19(26)28-2)20(27)24(15)30-12-13-7-5-4-6-8-13/h4-9,15,18H,3,10-12H2,1-2H3/t15-,18-/m0/s1. The normalized spacial score (nSPS) is 19.6. The van der Waals surface area contributed by atoms with E-state index < -0.39 is 30.1 Å². The van der Waals surface area contributed by atoms with Gasteiger partial charge in [-0.1, -0.05) is 30.3 Å². The number of carbonyl (C=O) groups excluding carboxylic acids is 3. The lowest BCUT2D eigenvalue weighted by Gasteiger charge is -2.27. The van der Waals surface area contributed by atoms with Crippen molar-refractivity contribution >= 4 is 18.0 Å². The average molecular weight is 414 g/mol. The van der Waals surface area contributed by atoms with Crippen molar-refractivity contribution in [3.8, 4) is 0 Å². The van der Waals surface area contributed by atoms with Gasteiger partial charge in [0.25, 0.3) is 0 Å². The number of carbonyl (C=O) groups is 3. The summed E-state index contributed by atoms with van der Waals surface area (Å²) in [4.78, 5) is 44.5. The van der Waals surface area contributed by atoms with Gasteiger partial charge in [0.05, 0.1) is 20.3 Å². The van der Waals surface area contributed by atoms with Gasteiger partial charge in [-0.15, -0.1) is 0 Å². The van der Waals surface area contributed by atoms with Crippen molar-refractivity contribution in [1.82, 2.24) is 19.7 Å². The van der Waals surface area contributed by atoms with Crippen LogP contribution in [0.5, 0.6) is 0 Å². The lowest BCUT2D eigenvalue weighted by Crippen LogP contribution is -2.39. The number of amides is 2. The summed E-state index contributed by atoms with van der Waals surface area (Å²) in [5.41, 5.74) is 1.93. The molecule has 158 valence electrons. The first-order valence-corrected chi connectivity index (χ1v) is 9.60. The number of methoxy groups -OCH3 is 1. The van der Waals surface area contributed by atoms with Gasteiger partial charge < -0.3 is 14.4 Å². The second-order valence-electron chi connectivity index (χ2n) is 6.93. The van der Waals surface area contributed by atoms with E-state index in [9.17, 15) is 14.4 Å². The van der Waals surface area contributed by atoms with Crippen LogP contribution in [0.3, 0.4) is 0 Å². The number of hydrogen-bond acceptors (Lipinski definition) is 7. The molecule has 0 spiro atoms. The van der Waals surface area contributed by atoms with Crippen LogP contribution in [0.1, 0.15) is 35.8 Å². The quantitative estimate of drug-likeness (QED) is 0.634. The van der Waals surface area contributed by atoms with Crippen molar-refractivity contribution in [3.63, 3.8) is 0 Å². The molecule has 0 N–H and O–H groups in total. The summed E-state index contributed by atoms with van der Waals surface area (Å²) in [6.07, 6.45) is 1.65. The van der Waals surface area contributed by atoms with Crippen LogP contribution in [0, 0.1) is 0 Å². The van der Waals surface area contributed by atoms with Crippen molar-refractivity contribution in [2.75, 3.05) is 20.3 Å². The molecular weight excluding hydrogens is 392 g/mol. The smallest absolute Gasteiger partial charge is 0.345 e. The van der Waals surface area contributed by atoms with Crippen LogP contribution in [-0.2, 0) is 37.1 Å². The predicted molar refractivity (Wildman–Crippen MR) is 102 cm³/mol. The minimum absolute atomic E-state index is 0.0970. The van der Waals surface area contributed by atoms with Crippen LogP contribution >= 0.6 is 0 Å². The molecule has 0 radical (unpaired) electrons. The van der Waals surface area contributed by atoms with Crippen molar-refractivity contribution in [1.29, 1.82) is 0 Å². The molecule has 10 nitrogen and oxygen atoms in total. The highest BCUT2D eigenvalue weighted by Crippen LogP contribution is 2.43. The van der Waals surface area contributed by atoms with E-state index in [1.54, 1.807) is 13.1 Å². The molecule has 0 unspecified atom stereocenters. The minimum Gasteiger partial charge on any atom is -0.467 e. The Morgan fingerprint density at radius 2 is 2.00 bits per heavy atom. The maximum absolute atomic E-state index is 13.0. The molecule has 10 heteroatoms. The Labute approximate surface area is 172 Å². The number of aromatic nitrogens is 2. The number of hydrogen-bond donors (Lipinski definition) is 0. The number of nitrogens with zero attached hydrogens (tertiary/aromatic N) is 4. The van der Waals surface area contributed by atoms with E-state index in [0.29, 0.717) is 11.3 Å².